The minimum atomic E-state index is -0.542. The van der Waals surface area contributed by atoms with Gasteiger partial charge in [-0.25, -0.2) is 0 Å². The van der Waals surface area contributed by atoms with Gasteiger partial charge in [-0.15, -0.1) is 12.4 Å². The number of hydrogen-bond donors (Lipinski definition) is 2. The molecule has 4 nitrogen and oxygen atoms in total. The normalized spacial score (nSPS) is 17.6. The minimum Gasteiger partial charge on any atom is -0.496 e. The van der Waals surface area contributed by atoms with Crippen molar-refractivity contribution in [3.8, 4) is 11.5 Å². The van der Waals surface area contributed by atoms with Crippen LogP contribution in [0.2, 0.25) is 0 Å². The van der Waals surface area contributed by atoms with Gasteiger partial charge in [0.2, 0.25) is 0 Å². The number of aliphatic hydroxyl groups is 1. The topological polar surface area (TPSA) is 64.7 Å². The number of benzene rings is 1. The van der Waals surface area contributed by atoms with Crippen molar-refractivity contribution < 1.29 is 14.6 Å². The first kappa shape index (κ1) is 17.1. The van der Waals surface area contributed by atoms with Crippen molar-refractivity contribution in [1.82, 2.24) is 0 Å². The highest BCUT2D eigenvalue weighted by Crippen LogP contribution is 2.40. The summed E-state index contributed by atoms with van der Waals surface area (Å²) in [6.45, 7) is 1.97. The van der Waals surface area contributed by atoms with Gasteiger partial charge in [-0.1, -0.05) is 6.42 Å². The molecule has 0 heterocycles. The molecular formula is C15H24ClNO3. The van der Waals surface area contributed by atoms with Crippen molar-refractivity contribution in [2.45, 2.75) is 38.3 Å². The highest BCUT2D eigenvalue weighted by atomic mass is 35.5. The van der Waals surface area contributed by atoms with Crippen LogP contribution in [0.1, 0.15) is 36.4 Å². The van der Waals surface area contributed by atoms with E-state index in [1.807, 2.05) is 19.1 Å². The molecule has 2 atom stereocenters. The zero-order chi connectivity index (χ0) is 14.0. The van der Waals surface area contributed by atoms with E-state index >= 15 is 0 Å². The monoisotopic (exact) mass is 301 g/mol. The molecule has 0 unspecified atom stereocenters. The molecule has 1 saturated carbocycles. The van der Waals surface area contributed by atoms with Crippen LogP contribution < -0.4 is 15.2 Å². The number of ether oxygens (including phenoxy) is 2. The van der Waals surface area contributed by atoms with Gasteiger partial charge in [0.25, 0.3) is 0 Å². The summed E-state index contributed by atoms with van der Waals surface area (Å²) in [5, 5.41) is 10.4. The van der Waals surface area contributed by atoms with Gasteiger partial charge in [-0.2, -0.15) is 0 Å². The molecule has 0 amide bonds. The molecule has 1 aromatic rings. The molecule has 0 bridgehead atoms. The van der Waals surface area contributed by atoms with Crippen LogP contribution in [0.5, 0.6) is 11.5 Å². The Bertz CT molecular complexity index is 424. The van der Waals surface area contributed by atoms with Gasteiger partial charge in [0.1, 0.15) is 11.5 Å². The average Bonchev–Trinajstić information content (AvgIpc) is 2.34. The van der Waals surface area contributed by atoms with Gasteiger partial charge < -0.3 is 20.3 Å². The van der Waals surface area contributed by atoms with Crippen molar-refractivity contribution in [2.75, 3.05) is 14.2 Å². The summed E-state index contributed by atoms with van der Waals surface area (Å²) in [5.74, 6) is 1.66. The predicted molar refractivity (Wildman–Crippen MR) is 81.8 cm³/mol. The van der Waals surface area contributed by atoms with Crippen LogP contribution in [-0.2, 0) is 0 Å². The van der Waals surface area contributed by atoms with Crippen LogP contribution in [0, 0.1) is 12.8 Å². The van der Waals surface area contributed by atoms with Crippen LogP contribution in [-0.4, -0.2) is 25.4 Å². The summed E-state index contributed by atoms with van der Waals surface area (Å²) in [6, 6.07) is 3.37. The van der Waals surface area contributed by atoms with Crippen molar-refractivity contribution in [2.24, 2.45) is 11.7 Å². The highest BCUT2D eigenvalue weighted by Gasteiger charge is 2.33. The third kappa shape index (κ3) is 3.19. The largest absolute Gasteiger partial charge is 0.496 e. The zero-order valence-corrected chi connectivity index (χ0v) is 13.1. The number of rotatable bonds is 5. The van der Waals surface area contributed by atoms with Gasteiger partial charge in [-0.05, 0) is 43.4 Å². The molecule has 0 saturated heterocycles. The lowest BCUT2D eigenvalue weighted by molar-refractivity contribution is 0.0401. The quantitative estimate of drug-likeness (QED) is 0.877. The highest BCUT2D eigenvalue weighted by molar-refractivity contribution is 5.85. The van der Waals surface area contributed by atoms with Crippen LogP contribution in [0.3, 0.4) is 0 Å². The summed E-state index contributed by atoms with van der Waals surface area (Å²) in [7, 11) is 3.22. The molecular weight excluding hydrogens is 278 g/mol. The molecule has 1 aliphatic rings. The third-order valence-electron chi connectivity index (χ3n) is 4.02. The predicted octanol–water partition coefficient (Wildman–Crippen LogP) is 2.59. The van der Waals surface area contributed by atoms with Gasteiger partial charge in [0, 0.05) is 0 Å². The molecule has 3 N–H and O–H groups in total. The van der Waals surface area contributed by atoms with Gasteiger partial charge >= 0.3 is 0 Å². The van der Waals surface area contributed by atoms with Crippen molar-refractivity contribution in [3.63, 3.8) is 0 Å². The second-order valence-electron chi connectivity index (χ2n) is 5.29. The number of aliphatic hydroxyl groups excluding tert-OH is 1. The first-order valence-electron chi connectivity index (χ1n) is 6.74. The third-order valence-corrected chi connectivity index (χ3v) is 4.02. The smallest absolute Gasteiger partial charge is 0.127 e. The molecule has 1 fully saturated rings. The van der Waals surface area contributed by atoms with E-state index in [0.717, 1.165) is 24.0 Å². The van der Waals surface area contributed by atoms with Gasteiger partial charge in [-0.3, -0.25) is 0 Å². The molecule has 0 radical (unpaired) electrons. The Balaban J connectivity index is 0.00000200. The van der Waals surface area contributed by atoms with E-state index in [-0.39, 0.29) is 12.4 Å². The van der Waals surface area contributed by atoms with Gasteiger partial charge in [0.15, 0.2) is 0 Å². The van der Waals surface area contributed by atoms with Crippen LogP contribution in [0.15, 0.2) is 12.1 Å². The Morgan fingerprint density at radius 3 is 2.05 bits per heavy atom. The number of nitrogens with two attached hydrogens (primary N) is 1. The molecule has 114 valence electrons. The van der Waals surface area contributed by atoms with E-state index in [1.54, 1.807) is 14.2 Å². The summed E-state index contributed by atoms with van der Waals surface area (Å²) in [5.41, 5.74) is 8.05. The van der Waals surface area contributed by atoms with E-state index in [9.17, 15) is 5.11 Å². The molecule has 0 aromatic heterocycles. The Hall–Kier alpha value is -0.970. The Morgan fingerprint density at radius 1 is 1.20 bits per heavy atom. The number of halogens is 1. The summed E-state index contributed by atoms with van der Waals surface area (Å²) in [6.07, 6.45) is 2.73. The Kier molecular flexibility index (Phi) is 6.11. The van der Waals surface area contributed by atoms with E-state index in [1.165, 1.54) is 6.42 Å². The fourth-order valence-electron chi connectivity index (χ4n) is 2.64. The van der Waals surface area contributed by atoms with E-state index < -0.39 is 12.1 Å². The number of methoxy groups -OCH3 is 2. The average molecular weight is 302 g/mol. The van der Waals surface area contributed by atoms with Crippen molar-refractivity contribution >= 4 is 12.4 Å². The number of aryl methyl sites for hydroxylation is 1. The molecule has 2 rings (SSSR count). The first-order chi connectivity index (χ1) is 9.08. The summed E-state index contributed by atoms with van der Waals surface area (Å²) < 4.78 is 10.8. The second kappa shape index (κ2) is 7.16. The summed E-state index contributed by atoms with van der Waals surface area (Å²) >= 11 is 0. The van der Waals surface area contributed by atoms with E-state index in [2.05, 4.69) is 0 Å². The van der Waals surface area contributed by atoms with E-state index in [4.69, 9.17) is 15.2 Å². The van der Waals surface area contributed by atoms with Crippen LogP contribution in [0.4, 0.5) is 0 Å². The lowest BCUT2D eigenvalue weighted by Gasteiger charge is -2.34. The first-order valence-corrected chi connectivity index (χ1v) is 6.74. The minimum absolute atomic E-state index is 0. The Morgan fingerprint density at radius 2 is 1.70 bits per heavy atom. The lowest BCUT2D eigenvalue weighted by Crippen LogP contribution is -2.36. The van der Waals surface area contributed by atoms with E-state index in [0.29, 0.717) is 17.4 Å². The summed E-state index contributed by atoms with van der Waals surface area (Å²) in [4.78, 5) is 0. The Labute approximate surface area is 126 Å². The standard InChI is InChI=1S/C15H23NO3.ClH/c1-9-7-11(18-2)13(12(8-9)19-3)14(16)15(17)10-5-4-6-10;/h7-8,10,14-15,17H,4-6,16H2,1-3H3;1H/t14-,15+;/m0./s1. The second-order valence-corrected chi connectivity index (χ2v) is 5.29. The molecule has 1 aromatic carbocycles. The SMILES string of the molecule is COc1cc(C)cc(OC)c1[C@H](N)[C@H](O)C1CCC1.Cl. The fraction of sp³-hybridized carbons (Fsp3) is 0.600. The zero-order valence-electron chi connectivity index (χ0n) is 12.3. The molecule has 0 aliphatic heterocycles. The molecule has 1 aliphatic carbocycles. The fourth-order valence-corrected chi connectivity index (χ4v) is 2.64. The van der Waals surface area contributed by atoms with Gasteiger partial charge in [0.05, 0.1) is 31.9 Å². The maximum absolute atomic E-state index is 10.4. The van der Waals surface area contributed by atoms with Crippen molar-refractivity contribution in [1.29, 1.82) is 0 Å². The maximum Gasteiger partial charge on any atom is 0.127 e. The van der Waals surface area contributed by atoms with Crippen molar-refractivity contribution in [3.05, 3.63) is 23.3 Å². The van der Waals surface area contributed by atoms with Crippen LogP contribution in [0.25, 0.3) is 0 Å². The maximum atomic E-state index is 10.4. The molecule has 20 heavy (non-hydrogen) atoms. The molecule has 0 spiro atoms. The molecule has 5 heteroatoms. The number of hydrogen-bond acceptors (Lipinski definition) is 4. The lowest BCUT2D eigenvalue weighted by atomic mass is 9.77. The van der Waals surface area contributed by atoms with Crippen LogP contribution >= 0.6 is 12.4 Å².